The molecule has 2 fully saturated rings. The fourth-order valence-electron chi connectivity index (χ4n) is 6.53. The number of nitrogens with zero attached hydrogens (tertiary/aromatic N) is 2. The van der Waals surface area contributed by atoms with Gasteiger partial charge in [-0.15, -0.1) is 24.8 Å². The summed E-state index contributed by atoms with van der Waals surface area (Å²) in [7, 11) is 0. The number of piperidine rings is 2. The SMILES string of the molecule is CCOc1ccc(C(=O)C(CCCCC(CN2CCCCC2)C(=O)c2ccc(OCC)cc2)CN2CCCCC2)cc1.Cl.Cl. The molecule has 0 saturated carbocycles. The number of carbonyl (C=O) groups excluding carboxylic acids is 2. The highest BCUT2D eigenvalue weighted by Gasteiger charge is 2.26. The molecule has 0 amide bonds. The van der Waals surface area contributed by atoms with Crippen molar-refractivity contribution in [3.8, 4) is 11.5 Å². The molecule has 2 aromatic carbocycles. The molecule has 2 aliphatic heterocycles. The van der Waals surface area contributed by atoms with Gasteiger partial charge in [-0.1, -0.05) is 25.7 Å². The number of ketones is 2. The first kappa shape index (κ1) is 38.1. The zero-order chi connectivity index (χ0) is 29.6. The second-order valence-corrected chi connectivity index (χ2v) is 12.0. The summed E-state index contributed by atoms with van der Waals surface area (Å²) in [6, 6.07) is 15.3. The Morgan fingerprint density at radius 3 is 1.25 bits per heavy atom. The van der Waals surface area contributed by atoms with Gasteiger partial charge < -0.3 is 19.3 Å². The largest absolute Gasteiger partial charge is 0.494 e. The summed E-state index contributed by atoms with van der Waals surface area (Å²) in [5.41, 5.74) is 1.54. The predicted molar refractivity (Wildman–Crippen MR) is 184 cm³/mol. The number of unbranched alkanes of at least 4 members (excludes halogenated alkanes) is 1. The van der Waals surface area contributed by atoms with Crippen molar-refractivity contribution < 1.29 is 19.1 Å². The van der Waals surface area contributed by atoms with Crippen LogP contribution in [0.3, 0.4) is 0 Å². The van der Waals surface area contributed by atoms with E-state index >= 15 is 0 Å². The Bertz CT molecular complexity index is 997. The van der Waals surface area contributed by atoms with Crippen LogP contribution < -0.4 is 9.47 Å². The van der Waals surface area contributed by atoms with Crippen LogP contribution in [0.25, 0.3) is 0 Å². The monoisotopic (exact) mass is 648 g/mol. The number of halogens is 2. The van der Waals surface area contributed by atoms with E-state index in [1.165, 1.54) is 38.5 Å². The Kier molecular flexibility index (Phi) is 18.0. The Labute approximate surface area is 278 Å². The van der Waals surface area contributed by atoms with E-state index in [-0.39, 0.29) is 48.2 Å². The van der Waals surface area contributed by atoms with Crippen LogP contribution in [0.4, 0.5) is 0 Å². The van der Waals surface area contributed by atoms with Crippen LogP contribution in [0.5, 0.6) is 11.5 Å². The molecule has 2 aromatic rings. The molecule has 0 radical (unpaired) electrons. The molecule has 2 heterocycles. The first-order chi connectivity index (χ1) is 20.6. The molecule has 0 aromatic heterocycles. The molecule has 2 atom stereocenters. The lowest BCUT2D eigenvalue weighted by Gasteiger charge is -2.31. The lowest BCUT2D eigenvalue weighted by atomic mass is 9.88. The third kappa shape index (κ3) is 12.0. The standard InChI is InChI=1S/C36H52N2O4.2ClH/c1-3-41-33-19-15-29(16-20-33)35(39)31(27-37-23-9-5-10-24-37)13-7-8-14-32(28-38-25-11-6-12-26-38)36(40)30-17-21-34(22-18-30)42-4-2;;/h15-22,31-32H,3-14,23-28H2,1-2H3;2*1H. The molecule has 44 heavy (non-hydrogen) atoms. The van der Waals surface area contributed by atoms with Crippen molar-refractivity contribution in [3.05, 3.63) is 59.7 Å². The van der Waals surface area contributed by atoms with Crippen molar-refractivity contribution in [1.82, 2.24) is 9.80 Å². The van der Waals surface area contributed by atoms with Gasteiger partial charge in [0.25, 0.3) is 0 Å². The van der Waals surface area contributed by atoms with Crippen molar-refractivity contribution in [2.45, 2.75) is 78.1 Å². The fourth-order valence-corrected chi connectivity index (χ4v) is 6.53. The van der Waals surface area contributed by atoms with Crippen molar-refractivity contribution in [1.29, 1.82) is 0 Å². The minimum absolute atomic E-state index is 0. The maximum absolute atomic E-state index is 13.7. The molecule has 6 nitrogen and oxygen atoms in total. The van der Waals surface area contributed by atoms with E-state index in [4.69, 9.17) is 9.47 Å². The molecule has 4 rings (SSSR count). The predicted octanol–water partition coefficient (Wildman–Crippen LogP) is 8.16. The summed E-state index contributed by atoms with van der Waals surface area (Å²) < 4.78 is 11.2. The van der Waals surface area contributed by atoms with Crippen molar-refractivity contribution in [2.75, 3.05) is 52.5 Å². The Morgan fingerprint density at radius 2 is 0.932 bits per heavy atom. The topological polar surface area (TPSA) is 59.1 Å². The number of hydrogen-bond donors (Lipinski definition) is 0. The van der Waals surface area contributed by atoms with Crippen LogP contribution in [-0.4, -0.2) is 73.8 Å². The van der Waals surface area contributed by atoms with Gasteiger partial charge in [0.05, 0.1) is 13.2 Å². The smallest absolute Gasteiger partial charge is 0.167 e. The van der Waals surface area contributed by atoms with E-state index in [0.717, 1.165) is 87.6 Å². The Morgan fingerprint density at radius 1 is 0.591 bits per heavy atom. The van der Waals surface area contributed by atoms with Crippen LogP contribution in [0, 0.1) is 11.8 Å². The van der Waals surface area contributed by atoms with E-state index < -0.39 is 0 Å². The third-order valence-corrected chi connectivity index (χ3v) is 8.85. The maximum Gasteiger partial charge on any atom is 0.167 e. The number of Topliss-reactive ketones (excluding diaryl/α,β-unsaturated/α-hetero) is 2. The molecule has 2 unspecified atom stereocenters. The molecule has 246 valence electrons. The molecular weight excluding hydrogens is 595 g/mol. The number of carbonyl (C=O) groups is 2. The zero-order valence-corrected chi connectivity index (χ0v) is 28.5. The van der Waals surface area contributed by atoms with Gasteiger partial charge in [0.1, 0.15) is 11.5 Å². The van der Waals surface area contributed by atoms with Crippen LogP contribution in [-0.2, 0) is 0 Å². The van der Waals surface area contributed by atoms with Crippen molar-refractivity contribution in [2.24, 2.45) is 11.8 Å². The van der Waals surface area contributed by atoms with Gasteiger partial charge in [0, 0.05) is 36.1 Å². The summed E-state index contributed by atoms with van der Waals surface area (Å²) in [6.45, 7) is 11.2. The summed E-state index contributed by atoms with van der Waals surface area (Å²) in [5.74, 6) is 2.03. The first-order valence-corrected chi connectivity index (χ1v) is 16.6. The quantitative estimate of drug-likeness (QED) is 0.127. The number of rotatable bonds is 17. The van der Waals surface area contributed by atoms with Crippen LogP contribution in [0.15, 0.2) is 48.5 Å². The average molecular weight is 650 g/mol. The highest BCUT2D eigenvalue weighted by molar-refractivity contribution is 5.98. The molecule has 2 saturated heterocycles. The normalized spacial score (nSPS) is 17.0. The molecule has 0 spiro atoms. The van der Waals surface area contributed by atoms with Gasteiger partial charge in [-0.05, 0) is 127 Å². The number of hydrogen-bond acceptors (Lipinski definition) is 6. The van der Waals surface area contributed by atoms with Gasteiger partial charge in [0.15, 0.2) is 11.6 Å². The average Bonchev–Trinajstić information content (AvgIpc) is 3.03. The van der Waals surface area contributed by atoms with E-state index in [2.05, 4.69) is 9.80 Å². The lowest BCUT2D eigenvalue weighted by molar-refractivity contribution is 0.0833. The van der Waals surface area contributed by atoms with Crippen molar-refractivity contribution >= 4 is 36.4 Å². The second-order valence-electron chi connectivity index (χ2n) is 12.0. The highest BCUT2D eigenvalue weighted by Crippen LogP contribution is 2.25. The van der Waals surface area contributed by atoms with Crippen LogP contribution >= 0.6 is 24.8 Å². The fraction of sp³-hybridized carbons (Fsp3) is 0.611. The van der Waals surface area contributed by atoms with E-state index in [9.17, 15) is 9.59 Å². The third-order valence-electron chi connectivity index (χ3n) is 8.85. The van der Waals surface area contributed by atoms with Crippen LogP contribution in [0.2, 0.25) is 0 Å². The second kappa shape index (κ2) is 20.8. The molecule has 0 aliphatic carbocycles. The minimum Gasteiger partial charge on any atom is -0.494 e. The number of likely N-dealkylation sites (tertiary alicyclic amines) is 2. The van der Waals surface area contributed by atoms with Gasteiger partial charge in [0.2, 0.25) is 0 Å². The van der Waals surface area contributed by atoms with E-state index in [0.29, 0.717) is 13.2 Å². The summed E-state index contributed by atoms with van der Waals surface area (Å²) in [5, 5.41) is 0. The Hall–Kier alpha value is -2.12. The summed E-state index contributed by atoms with van der Waals surface area (Å²) >= 11 is 0. The highest BCUT2D eigenvalue weighted by atomic mass is 35.5. The van der Waals surface area contributed by atoms with Gasteiger partial charge in [-0.2, -0.15) is 0 Å². The number of ether oxygens (including phenoxy) is 2. The molecule has 0 N–H and O–H groups in total. The van der Waals surface area contributed by atoms with Crippen LogP contribution in [0.1, 0.15) is 98.8 Å². The van der Waals surface area contributed by atoms with Crippen molar-refractivity contribution in [3.63, 3.8) is 0 Å². The zero-order valence-electron chi connectivity index (χ0n) is 26.8. The lowest BCUT2D eigenvalue weighted by Crippen LogP contribution is -2.37. The van der Waals surface area contributed by atoms with Gasteiger partial charge in [-0.25, -0.2) is 0 Å². The van der Waals surface area contributed by atoms with Gasteiger partial charge in [-0.3, -0.25) is 9.59 Å². The molecular formula is C36H54Cl2N2O4. The van der Waals surface area contributed by atoms with E-state index in [1.807, 2.05) is 62.4 Å². The first-order valence-electron chi connectivity index (χ1n) is 16.6. The minimum atomic E-state index is -0.0246. The maximum atomic E-state index is 13.7. The number of benzene rings is 2. The molecule has 2 aliphatic rings. The van der Waals surface area contributed by atoms with Gasteiger partial charge >= 0.3 is 0 Å². The summed E-state index contributed by atoms with van der Waals surface area (Å²) in [4.78, 5) is 32.4. The molecule has 8 heteroatoms. The Balaban J connectivity index is 0.00000337. The molecule has 0 bridgehead atoms. The summed E-state index contributed by atoms with van der Waals surface area (Å²) in [6.07, 6.45) is 11.1. The van der Waals surface area contributed by atoms with E-state index in [1.54, 1.807) is 0 Å².